The number of rotatable bonds is 5. The van der Waals surface area contributed by atoms with Crippen molar-refractivity contribution in [2.45, 2.75) is 64.3 Å². The molecule has 0 spiro atoms. The Morgan fingerprint density at radius 1 is 1.00 bits per heavy atom. The quantitative estimate of drug-likeness (QED) is 0.821. The van der Waals surface area contributed by atoms with E-state index >= 15 is 0 Å². The van der Waals surface area contributed by atoms with Crippen molar-refractivity contribution in [2.24, 2.45) is 0 Å². The first-order valence-corrected chi connectivity index (χ1v) is 10.1. The van der Waals surface area contributed by atoms with Crippen molar-refractivity contribution in [3.05, 3.63) is 24.3 Å². The van der Waals surface area contributed by atoms with Crippen molar-refractivity contribution in [1.82, 2.24) is 5.32 Å². The number of nitrogens with zero attached hydrogens (tertiary/aromatic N) is 2. The molecule has 1 aliphatic carbocycles. The van der Waals surface area contributed by atoms with Gasteiger partial charge in [-0.05, 0) is 49.9 Å². The van der Waals surface area contributed by atoms with Crippen molar-refractivity contribution in [1.29, 1.82) is 0 Å². The highest BCUT2D eigenvalue weighted by atomic mass is 16.2. The van der Waals surface area contributed by atoms with E-state index in [1.165, 1.54) is 51.1 Å². The van der Waals surface area contributed by atoms with Crippen molar-refractivity contribution in [3.63, 3.8) is 0 Å². The standard InChI is InChI=1S/C21H31N3O2/c1-17(25)24(16-21(26)22-18-8-4-2-3-5-9-18)20-12-10-19(11-13-20)23-14-6-7-15-23/h10-13,18H,2-9,14-16H2,1H3,(H,22,26). The molecule has 26 heavy (non-hydrogen) atoms. The van der Waals surface area contributed by atoms with Gasteiger partial charge in [-0.2, -0.15) is 0 Å². The van der Waals surface area contributed by atoms with E-state index in [1.54, 1.807) is 4.90 Å². The van der Waals surface area contributed by atoms with Gasteiger partial charge in [-0.15, -0.1) is 0 Å². The Hall–Kier alpha value is -2.04. The van der Waals surface area contributed by atoms with Crippen LogP contribution in [-0.4, -0.2) is 37.5 Å². The van der Waals surface area contributed by atoms with Gasteiger partial charge in [0.1, 0.15) is 6.54 Å². The molecule has 0 unspecified atom stereocenters. The summed E-state index contributed by atoms with van der Waals surface area (Å²) in [6.07, 6.45) is 9.46. The number of amides is 2. The van der Waals surface area contributed by atoms with Crippen molar-refractivity contribution in [3.8, 4) is 0 Å². The maximum absolute atomic E-state index is 12.5. The van der Waals surface area contributed by atoms with Gasteiger partial charge in [-0.3, -0.25) is 9.59 Å². The van der Waals surface area contributed by atoms with Crippen LogP contribution in [0.2, 0.25) is 0 Å². The molecule has 2 aliphatic rings. The average Bonchev–Trinajstić information content (AvgIpc) is 3.05. The molecule has 1 saturated heterocycles. The smallest absolute Gasteiger partial charge is 0.240 e. The van der Waals surface area contributed by atoms with Gasteiger partial charge in [0, 0.05) is 37.4 Å². The van der Waals surface area contributed by atoms with E-state index < -0.39 is 0 Å². The second-order valence-electron chi connectivity index (χ2n) is 7.57. The summed E-state index contributed by atoms with van der Waals surface area (Å²) in [6, 6.07) is 8.28. The lowest BCUT2D eigenvalue weighted by molar-refractivity contribution is -0.123. The number of hydrogen-bond acceptors (Lipinski definition) is 3. The predicted octanol–water partition coefficient (Wildman–Crippen LogP) is 3.48. The zero-order valence-corrected chi connectivity index (χ0v) is 15.9. The molecule has 142 valence electrons. The minimum atomic E-state index is -0.102. The summed E-state index contributed by atoms with van der Waals surface area (Å²) < 4.78 is 0. The van der Waals surface area contributed by atoms with E-state index in [9.17, 15) is 9.59 Å². The monoisotopic (exact) mass is 357 g/mol. The first-order valence-electron chi connectivity index (χ1n) is 10.1. The highest BCUT2D eigenvalue weighted by molar-refractivity contribution is 5.97. The first kappa shape index (κ1) is 18.7. The van der Waals surface area contributed by atoms with Crippen LogP contribution in [-0.2, 0) is 9.59 Å². The number of carbonyl (C=O) groups excluding carboxylic acids is 2. The van der Waals surface area contributed by atoms with E-state index in [0.717, 1.165) is 31.6 Å². The van der Waals surface area contributed by atoms with Gasteiger partial charge in [0.2, 0.25) is 11.8 Å². The lowest BCUT2D eigenvalue weighted by Crippen LogP contribution is -2.43. The first-order chi connectivity index (χ1) is 12.6. The van der Waals surface area contributed by atoms with Crippen LogP contribution in [0.25, 0.3) is 0 Å². The fourth-order valence-corrected chi connectivity index (χ4v) is 4.04. The van der Waals surface area contributed by atoms with Crippen LogP contribution in [0.3, 0.4) is 0 Å². The van der Waals surface area contributed by atoms with Crippen molar-refractivity contribution >= 4 is 23.2 Å². The van der Waals surface area contributed by atoms with E-state index in [4.69, 9.17) is 0 Å². The predicted molar refractivity (Wildman–Crippen MR) is 106 cm³/mol. The Balaban J connectivity index is 1.60. The van der Waals surface area contributed by atoms with Crippen LogP contribution in [0.1, 0.15) is 58.3 Å². The number of hydrogen-bond donors (Lipinski definition) is 1. The Kier molecular flexibility index (Phi) is 6.53. The minimum absolute atomic E-state index is 0.0595. The van der Waals surface area contributed by atoms with Gasteiger partial charge in [0.15, 0.2) is 0 Å². The molecule has 1 aliphatic heterocycles. The highest BCUT2D eigenvalue weighted by Crippen LogP contribution is 2.24. The summed E-state index contributed by atoms with van der Waals surface area (Å²) in [7, 11) is 0. The molecule has 1 heterocycles. The molecule has 0 aromatic heterocycles. The van der Waals surface area contributed by atoms with Gasteiger partial charge in [0.25, 0.3) is 0 Å². The van der Waals surface area contributed by atoms with E-state index in [1.807, 2.05) is 12.1 Å². The second-order valence-corrected chi connectivity index (χ2v) is 7.57. The third kappa shape index (κ3) is 4.99. The maximum Gasteiger partial charge on any atom is 0.240 e. The molecule has 5 heteroatoms. The molecule has 1 aromatic rings. The second kappa shape index (κ2) is 9.06. The molecule has 5 nitrogen and oxygen atoms in total. The molecule has 1 N–H and O–H groups in total. The third-order valence-electron chi connectivity index (χ3n) is 5.53. The van der Waals surface area contributed by atoms with Crippen molar-refractivity contribution in [2.75, 3.05) is 29.4 Å². The number of carbonyl (C=O) groups is 2. The Morgan fingerprint density at radius 3 is 2.19 bits per heavy atom. The van der Waals surface area contributed by atoms with Crippen LogP contribution in [0, 0.1) is 0 Å². The normalized spacial score (nSPS) is 18.4. The molecule has 0 atom stereocenters. The van der Waals surface area contributed by atoms with Crippen LogP contribution in [0.5, 0.6) is 0 Å². The van der Waals surface area contributed by atoms with Gasteiger partial charge < -0.3 is 15.1 Å². The van der Waals surface area contributed by atoms with Crippen molar-refractivity contribution < 1.29 is 9.59 Å². The zero-order chi connectivity index (χ0) is 18.4. The summed E-state index contributed by atoms with van der Waals surface area (Å²) in [4.78, 5) is 28.5. The lowest BCUT2D eigenvalue weighted by Gasteiger charge is -2.24. The zero-order valence-electron chi connectivity index (χ0n) is 15.9. The lowest BCUT2D eigenvalue weighted by atomic mass is 10.1. The topological polar surface area (TPSA) is 52.7 Å². The number of benzene rings is 1. The average molecular weight is 357 g/mol. The van der Waals surface area contributed by atoms with Crippen LogP contribution >= 0.6 is 0 Å². The molecule has 0 bridgehead atoms. The summed E-state index contributed by atoms with van der Waals surface area (Å²) in [5.41, 5.74) is 1.98. The summed E-state index contributed by atoms with van der Waals surface area (Å²) >= 11 is 0. The Labute approximate surface area is 156 Å². The maximum atomic E-state index is 12.5. The Bertz CT molecular complexity index is 600. The fourth-order valence-electron chi connectivity index (χ4n) is 4.04. The van der Waals surface area contributed by atoms with Gasteiger partial charge >= 0.3 is 0 Å². The van der Waals surface area contributed by atoms with Gasteiger partial charge in [-0.1, -0.05) is 25.7 Å². The molecule has 1 aromatic carbocycles. The number of nitrogens with one attached hydrogen (secondary N) is 1. The van der Waals surface area contributed by atoms with Gasteiger partial charge in [-0.25, -0.2) is 0 Å². The molecule has 2 fully saturated rings. The van der Waals surface area contributed by atoms with Gasteiger partial charge in [0.05, 0.1) is 0 Å². The van der Waals surface area contributed by atoms with E-state index in [-0.39, 0.29) is 24.4 Å². The molecule has 0 radical (unpaired) electrons. The van der Waals surface area contributed by atoms with Crippen LogP contribution < -0.4 is 15.1 Å². The SMILES string of the molecule is CC(=O)N(CC(=O)NC1CCCCCC1)c1ccc(N2CCCC2)cc1. The molecule has 1 saturated carbocycles. The Morgan fingerprint density at radius 2 is 1.62 bits per heavy atom. The van der Waals surface area contributed by atoms with E-state index in [0.29, 0.717) is 0 Å². The molecule has 3 rings (SSSR count). The minimum Gasteiger partial charge on any atom is -0.372 e. The molecular weight excluding hydrogens is 326 g/mol. The van der Waals surface area contributed by atoms with E-state index in [2.05, 4.69) is 22.3 Å². The summed E-state index contributed by atoms with van der Waals surface area (Å²) in [5, 5.41) is 3.13. The third-order valence-corrected chi connectivity index (χ3v) is 5.53. The largest absolute Gasteiger partial charge is 0.372 e. The fraction of sp³-hybridized carbons (Fsp3) is 0.619. The van der Waals surface area contributed by atoms with Crippen LogP contribution in [0.15, 0.2) is 24.3 Å². The molecular formula is C21H31N3O2. The summed E-state index contributed by atoms with van der Waals surface area (Å²) in [6.45, 7) is 3.81. The highest BCUT2D eigenvalue weighted by Gasteiger charge is 2.20. The number of anilines is 2. The molecule has 2 amide bonds. The van der Waals surface area contributed by atoms with Crippen LogP contribution in [0.4, 0.5) is 11.4 Å². The summed E-state index contributed by atoms with van der Waals surface area (Å²) in [5.74, 6) is -0.161.